The van der Waals surface area contributed by atoms with Crippen molar-refractivity contribution in [3.63, 3.8) is 0 Å². The lowest BCUT2D eigenvalue weighted by molar-refractivity contribution is 0.624. The van der Waals surface area contributed by atoms with Crippen LogP contribution in [0.2, 0.25) is 0 Å². The maximum absolute atomic E-state index is 13.1. The second-order valence-corrected chi connectivity index (χ2v) is 3.63. The smallest absolute Gasteiger partial charge is 0.138 e. The van der Waals surface area contributed by atoms with Crippen LogP contribution < -0.4 is 0 Å². The molecule has 0 aliphatic heterocycles. The first-order valence-corrected chi connectivity index (χ1v) is 5.04. The summed E-state index contributed by atoms with van der Waals surface area (Å²) in [6, 6.07) is 6.82. The van der Waals surface area contributed by atoms with Crippen molar-refractivity contribution in [2.24, 2.45) is 0 Å². The van der Waals surface area contributed by atoms with E-state index in [0.29, 0.717) is 5.56 Å². The van der Waals surface area contributed by atoms with E-state index in [1.54, 1.807) is 23.5 Å². The minimum Gasteiger partial charge on any atom is -0.206 e. The number of rotatable bonds is 1. The van der Waals surface area contributed by atoms with Gasteiger partial charge in [-0.15, -0.1) is 6.42 Å². The lowest BCUT2D eigenvalue weighted by atomic mass is 10.1. The number of hydrogen-bond donors (Lipinski definition) is 0. The highest BCUT2D eigenvalue weighted by atomic mass is 32.1. The summed E-state index contributed by atoms with van der Waals surface area (Å²) in [5.74, 6) is 1.98. The lowest BCUT2D eigenvalue weighted by Crippen LogP contribution is -1.84. The number of terminal acetylenes is 1. The van der Waals surface area contributed by atoms with E-state index in [1.807, 2.05) is 16.8 Å². The molecule has 0 atom stereocenters. The van der Waals surface area contributed by atoms with Crippen molar-refractivity contribution in [2.75, 3.05) is 0 Å². The second-order valence-electron chi connectivity index (χ2n) is 2.85. The fraction of sp³-hybridized carbons (Fsp3) is 0. The van der Waals surface area contributed by atoms with Crippen LogP contribution in [0.4, 0.5) is 4.39 Å². The van der Waals surface area contributed by atoms with E-state index >= 15 is 0 Å². The number of halogens is 1. The van der Waals surface area contributed by atoms with Crippen LogP contribution in [0.15, 0.2) is 35.0 Å². The Morgan fingerprint density at radius 3 is 2.71 bits per heavy atom. The highest BCUT2D eigenvalue weighted by molar-refractivity contribution is 7.08. The SMILES string of the molecule is C#Cc1cc(-c2ccsc2)ccc1F. The number of thiophene rings is 1. The first kappa shape index (κ1) is 8.98. The summed E-state index contributed by atoms with van der Waals surface area (Å²) in [6.07, 6.45) is 5.19. The zero-order chi connectivity index (χ0) is 9.97. The molecule has 14 heavy (non-hydrogen) atoms. The van der Waals surface area contributed by atoms with Crippen LogP contribution in [0.25, 0.3) is 11.1 Å². The fourth-order valence-electron chi connectivity index (χ4n) is 1.24. The van der Waals surface area contributed by atoms with Gasteiger partial charge in [0.1, 0.15) is 5.82 Å². The first-order chi connectivity index (χ1) is 6.81. The maximum atomic E-state index is 13.1. The van der Waals surface area contributed by atoms with Gasteiger partial charge in [0.15, 0.2) is 0 Å². The summed E-state index contributed by atoms with van der Waals surface area (Å²) in [5, 5.41) is 3.99. The van der Waals surface area contributed by atoms with Crippen LogP contribution in [0.5, 0.6) is 0 Å². The molecule has 0 aliphatic carbocycles. The molecule has 0 saturated carbocycles. The van der Waals surface area contributed by atoms with E-state index in [2.05, 4.69) is 5.92 Å². The van der Waals surface area contributed by atoms with Crippen molar-refractivity contribution >= 4 is 11.3 Å². The van der Waals surface area contributed by atoms with Crippen LogP contribution in [0.3, 0.4) is 0 Å². The Kier molecular flexibility index (Phi) is 2.34. The normalized spacial score (nSPS) is 9.71. The van der Waals surface area contributed by atoms with E-state index in [-0.39, 0.29) is 5.82 Å². The van der Waals surface area contributed by atoms with Gasteiger partial charge in [0.05, 0.1) is 5.56 Å². The van der Waals surface area contributed by atoms with Crippen LogP contribution >= 0.6 is 11.3 Å². The maximum Gasteiger partial charge on any atom is 0.138 e. The number of hydrogen-bond acceptors (Lipinski definition) is 1. The molecule has 0 radical (unpaired) electrons. The van der Waals surface area contributed by atoms with Gasteiger partial charge in [-0.2, -0.15) is 11.3 Å². The van der Waals surface area contributed by atoms with E-state index in [1.165, 1.54) is 6.07 Å². The van der Waals surface area contributed by atoms with Gasteiger partial charge in [-0.25, -0.2) is 4.39 Å². The van der Waals surface area contributed by atoms with E-state index in [0.717, 1.165) is 11.1 Å². The third-order valence-corrected chi connectivity index (χ3v) is 2.66. The zero-order valence-electron chi connectivity index (χ0n) is 7.33. The van der Waals surface area contributed by atoms with Crippen molar-refractivity contribution in [1.29, 1.82) is 0 Å². The highest BCUT2D eigenvalue weighted by Crippen LogP contribution is 2.23. The summed E-state index contributed by atoms with van der Waals surface area (Å²) < 4.78 is 13.1. The monoisotopic (exact) mass is 202 g/mol. The minimum atomic E-state index is -0.341. The molecule has 1 aromatic heterocycles. The van der Waals surface area contributed by atoms with Gasteiger partial charge in [0.2, 0.25) is 0 Å². The molecule has 2 aromatic rings. The first-order valence-electron chi connectivity index (χ1n) is 4.10. The Hall–Kier alpha value is -1.59. The molecule has 1 heterocycles. The largest absolute Gasteiger partial charge is 0.206 e. The summed E-state index contributed by atoms with van der Waals surface area (Å²) in [4.78, 5) is 0. The average molecular weight is 202 g/mol. The third kappa shape index (κ3) is 1.55. The van der Waals surface area contributed by atoms with Crippen molar-refractivity contribution in [3.8, 4) is 23.5 Å². The third-order valence-electron chi connectivity index (χ3n) is 1.98. The van der Waals surface area contributed by atoms with Gasteiger partial charge < -0.3 is 0 Å². The Morgan fingerprint density at radius 1 is 1.21 bits per heavy atom. The van der Waals surface area contributed by atoms with Gasteiger partial charge in [0, 0.05) is 0 Å². The Balaban J connectivity index is 2.53. The quantitative estimate of drug-likeness (QED) is 0.620. The van der Waals surface area contributed by atoms with E-state index in [9.17, 15) is 4.39 Å². The molecule has 68 valence electrons. The van der Waals surface area contributed by atoms with Crippen LogP contribution in [0, 0.1) is 18.2 Å². The van der Waals surface area contributed by atoms with E-state index < -0.39 is 0 Å². The predicted octanol–water partition coefficient (Wildman–Crippen LogP) is 3.54. The van der Waals surface area contributed by atoms with Gasteiger partial charge in [-0.05, 0) is 40.1 Å². The molecule has 0 spiro atoms. The zero-order valence-corrected chi connectivity index (χ0v) is 8.14. The van der Waals surface area contributed by atoms with Gasteiger partial charge >= 0.3 is 0 Å². The molecule has 0 bridgehead atoms. The lowest BCUT2D eigenvalue weighted by Gasteiger charge is -1.99. The molecule has 0 aliphatic rings. The summed E-state index contributed by atoms with van der Waals surface area (Å²) in [7, 11) is 0. The van der Waals surface area contributed by atoms with Gasteiger partial charge in [-0.1, -0.05) is 12.0 Å². The molecular formula is C12H7FS. The van der Waals surface area contributed by atoms with Gasteiger partial charge in [0.25, 0.3) is 0 Å². The molecular weight excluding hydrogens is 195 g/mol. The minimum absolute atomic E-state index is 0.314. The Bertz CT molecular complexity index is 478. The van der Waals surface area contributed by atoms with Gasteiger partial charge in [-0.3, -0.25) is 0 Å². The molecule has 0 N–H and O–H groups in total. The van der Waals surface area contributed by atoms with E-state index in [4.69, 9.17) is 6.42 Å². The van der Waals surface area contributed by atoms with Crippen LogP contribution in [-0.4, -0.2) is 0 Å². The molecule has 0 saturated heterocycles. The Morgan fingerprint density at radius 2 is 2.07 bits per heavy atom. The van der Waals surface area contributed by atoms with Crippen LogP contribution in [0.1, 0.15) is 5.56 Å². The second kappa shape index (κ2) is 3.65. The molecule has 1 aromatic carbocycles. The molecule has 0 nitrogen and oxygen atoms in total. The number of benzene rings is 1. The van der Waals surface area contributed by atoms with Crippen molar-refractivity contribution in [3.05, 3.63) is 46.4 Å². The summed E-state index contributed by atoms with van der Waals surface area (Å²) in [6.45, 7) is 0. The van der Waals surface area contributed by atoms with Crippen LogP contribution in [-0.2, 0) is 0 Å². The highest BCUT2D eigenvalue weighted by Gasteiger charge is 2.02. The van der Waals surface area contributed by atoms with Crippen molar-refractivity contribution < 1.29 is 4.39 Å². The molecule has 0 amide bonds. The fourth-order valence-corrected chi connectivity index (χ4v) is 1.91. The predicted molar refractivity (Wildman–Crippen MR) is 57.6 cm³/mol. The standard InChI is InChI=1S/C12H7FS/c1-2-9-7-10(3-4-12(9)13)11-5-6-14-8-11/h1,3-8H. The topological polar surface area (TPSA) is 0 Å². The van der Waals surface area contributed by atoms with Crippen molar-refractivity contribution in [1.82, 2.24) is 0 Å². The summed E-state index contributed by atoms with van der Waals surface area (Å²) in [5.41, 5.74) is 2.35. The average Bonchev–Trinajstić information content (AvgIpc) is 2.71. The Labute approximate surface area is 86.0 Å². The molecule has 0 fully saturated rings. The summed E-state index contributed by atoms with van der Waals surface area (Å²) >= 11 is 1.61. The molecule has 2 rings (SSSR count). The molecule has 0 unspecified atom stereocenters. The molecule has 2 heteroatoms. The van der Waals surface area contributed by atoms with Crippen molar-refractivity contribution in [2.45, 2.75) is 0 Å².